The first-order valence-electron chi connectivity index (χ1n) is 14.2. The van der Waals surface area contributed by atoms with Crippen LogP contribution in [-0.2, 0) is 9.59 Å². The molecule has 0 aliphatic carbocycles. The lowest BCUT2D eigenvalue weighted by Gasteiger charge is -2.12. The van der Waals surface area contributed by atoms with E-state index >= 15 is 0 Å². The van der Waals surface area contributed by atoms with E-state index in [9.17, 15) is 14.4 Å². The van der Waals surface area contributed by atoms with Gasteiger partial charge in [0.25, 0.3) is 11.8 Å². The van der Waals surface area contributed by atoms with Gasteiger partial charge in [-0.1, -0.05) is 48.0 Å². The fourth-order valence-corrected chi connectivity index (χ4v) is 5.29. The molecule has 0 atom stereocenters. The average Bonchev–Trinajstić information content (AvgIpc) is 3.55. The Kier molecular flexibility index (Phi) is 10.6. The molecule has 0 unspecified atom stereocenters. The van der Waals surface area contributed by atoms with Gasteiger partial charge in [0, 0.05) is 32.9 Å². The summed E-state index contributed by atoms with van der Waals surface area (Å²) in [5, 5.41) is 9.01. The van der Waals surface area contributed by atoms with Gasteiger partial charge in [-0.3, -0.25) is 14.4 Å². The number of ether oxygens (including phenoxy) is 1. The van der Waals surface area contributed by atoms with Crippen molar-refractivity contribution in [3.05, 3.63) is 137 Å². The molecule has 46 heavy (non-hydrogen) atoms. The smallest absolute Gasteiger partial charge is 0.272 e. The van der Waals surface area contributed by atoms with Gasteiger partial charge in [0.05, 0.1) is 18.4 Å². The summed E-state index contributed by atoms with van der Waals surface area (Å²) in [5.41, 5.74) is 3.11. The topological polar surface area (TPSA) is 110 Å². The minimum atomic E-state index is -0.545. The fraction of sp³-hybridized carbons (Fsp3) is 0.0833. The molecule has 0 aliphatic rings. The molecule has 3 amide bonds. The van der Waals surface area contributed by atoms with Crippen LogP contribution in [0.5, 0.6) is 5.75 Å². The van der Waals surface area contributed by atoms with Crippen molar-refractivity contribution in [3.63, 3.8) is 0 Å². The molecule has 232 valence electrons. The van der Waals surface area contributed by atoms with E-state index in [1.165, 1.54) is 17.8 Å². The minimum absolute atomic E-state index is 0.0128. The van der Waals surface area contributed by atoms with Crippen molar-refractivity contribution in [3.8, 4) is 17.1 Å². The van der Waals surface area contributed by atoms with Crippen LogP contribution in [-0.4, -0.2) is 30.6 Å². The predicted molar refractivity (Wildman–Crippen MR) is 183 cm³/mol. The molecule has 3 N–H and O–H groups in total. The number of anilines is 2. The number of nitrogens with one attached hydrogen (secondary N) is 3. The van der Waals surface area contributed by atoms with Crippen LogP contribution in [0, 0.1) is 6.92 Å². The molecule has 0 saturated carbocycles. The van der Waals surface area contributed by atoms with Crippen molar-refractivity contribution in [2.45, 2.75) is 11.8 Å². The van der Waals surface area contributed by atoms with Crippen LogP contribution in [0.1, 0.15) is 21.7 Å². The van der Waals surface area contributed by atoms with Gasteiger partial charge < -0.3 is 25.1 Å². The lowest BCUT2D eigenvalue weighted by atomic mass is 10.1. The Bertz CT molecular complexity index is 1890. The van der Waals surface area contributed by atoms with E-state index in [4.69, 9.17) is 20.8 Å². The summed E-state index contributed by atoms with van der Waals surface area (Å²) in [6.45, 7) is 1.85. The zero-order valence-corrected chi connectivity index (χ0v) is 26.6. The summed E-state index contributed by atoms with van der Waals surface area (Å²) >= 11 is 7.50. The average molecular weight is 652 g/mol. The highest BCUT2D eigenvalue weighted by Crippen LogP contribution is 2.31. The van der Waals surface area contributed by atoms with Gasteiger partial charge in [-0.15, -0.1) is 11.8 Å². The van der Waals surface area contributed by atoms with E-state index in [0.717, 1.165) is 16.0 Å². The lowest BCUT2D eigenvalue weighted by molar-refractivity contribution is -0.114. The van der Waals surface area contributed by atoms with Gasteiger partial charge in [0.15, 0.2) is 0 Å². The van der Waals surface area contributed by atoms with Gasteiger partial charge in [0.1, 0.15) is 23.0 Å². The zero-order valence-electron chi connectivity index (χ0n) is 25.0. The van der Waals surface area contributed by atoms with Gasteiger partial charge >= 0.3 is 0 Å². The van der Waals surface area contributed by atoms with Crippen LogP contribution >= 0.6 is 23.4 Å². The molecule has 5 rings (SSSR count). The largest absolute Gasteiger partial charge is 0.496 e. The SMILES string of the molecule is COc1ccccc1-c1ccc(/C=C(\NC(=O)c2ccccc2)C(=O)Nc2ccc(SCC(=O)Nc3cccc(Cl)c3C)cc2)o1. The number of hydrogen-bond acceptors (Lipinski definition) is 6. The number of methoxy groups -OCH3 is 1. The summed E-state index contributed by atoms with van der Waals surface area (Å²) in [4.78, 5) is 39.8. The number of hydrogen-bond donors (Lipinski definition) is 3. The predicted octanol–water partition coefficient (Wildman–Crippen LogP) is 8.06. The van der Waals surface area contributed by atoms with E-state index in [2.05, 4.69) is 16.0 Å². The number of carbonyl (C=O) groups is 3. The number of amides is 3. The summed E-state index contributed by atoms with van der Waals surface area (Å²) in [6.07, 6.45) is 1.47. The second kappa shape index (κ2) is 15.2. The molecule has 0 bridgehead atoms. The number of carbonyl (C=O) groups excluding carboxylic acids is 3. The second-order valence-corrected chi connectivity index (χ2v) is 11.5. The van der Waals surface area contributed by atoms with Crippen LogP contribution < -0.4 is 20.7 Å². The maximum absolute atomic E-state index is 13.5. The van der Waals surface area contributed by atoms with Crippen molar-refractivity contribution < 1.29 is 23.5 Å². The maximum Gasteiger partial charge on any atom is 0.272 e. The van der Waals surface area contributed by atoms with Gasteiger partial charge in [-0.25, -0.2) is 0 Å². The van der Waals surface area contributed by atoms with Gasteiger partial charge in [-0.05, 0) is 85.3 Å². The Labute approximate surface area is 275 Å². The van der Waals surface area contributed by atoms with Gasteiger partial charge in [-0.2, -0.15) is 0 Å². The van der Waals surface area contributed by atoms with Crippen molar-refractivity contribution in [2.24, 2.45) is 0 Å². The number of benzene rings is 4. The molecule has 0 aliphatic heterocycles. The highest BCUT2D eigenvalue weighted by atomic mass is 35.5. The van der Waals surface area contributed by atoms with E-state index in [1.807, 2.05) is 31.2 Å². The summed E-state index contributed by atoms with van der Waals surface area (Å²) in [7, 11) is 1.58. The zero-order chi connectivity index (χ0) is 32.5. The summed E-state index contributed by atoms with van der Waals surface area (Å²) < 4.78 is 11.5. The molecule has 5 aromatic rings. The molecule has 8 nitrogen and oxygen atoms in total. The van der Waals surface area contributed by atoms with Crippen molar-refractivity contribution in [2.75, 3.05) is 23.5 Å². The third kappa shape index (κ3) is 8.26. The maximum atomic E-state index is 13.5. The molecular formula is C36H30ClN3O5S. The Hall–Kier alpha value is -5.25. The third-order valence-corrected chi connectivity index (χ3v) is 8.26. The minimum Gasteiger partial charge on any atom is -0.496 e. The molecule has 0 radical (unpaired) electrons. The molecule has 4 aromatic carbocycles. The van der Waals surface area contributed by atoms with Crippen molar-refractivity contribution in [1.29, 1.82) is 0 Å². The first kappa shape index (κ1) is 32.2. The van der Waals surface area contributed by atoms with Crippen LogP contribution in [0.2, 0.25) is 5.02 Å². The van der Waals surface area contributed by atoms with E-state index < -0.39 is 11.8 Å². The number of furan rings is 1. The number of rotatable bonds is 11. The second-order valence-electron chi connectivity index (χ2n) is 10.0. The van der Waals surface area contributed by atoms with Crippen LogP contribution in [0.4, 0.5) is 11.4 Å². The molecule has 10 heteroatoms. The number of thioether (sulfide) groups is 1. The molecule has 1 heterocycles. The fourth-order valence-electron chi connectivity index (χ4n) is 4.42. The van der Waals surface area contributed by atoms with Gasteiger partial charge in [0.2, 0.25) is 5.91 Å². The molecule has 0 spiro atoms. The van der Waals surface area contributed by atoms with Crippen molar-refractivity contribution in [1.82, 2.24) is 5.32 Å². The van der Waals surface area contributed by atoms with Crippen molar-refractivity contribution >= 4 is 58.5 Å². The molecular weight excluding hydrogens is 622 g/mol. The number of halogens is 1. The molecule has 0 fully saturated rings. The van der Waals surface area contributed by atoms with Crippen LogP contribution in [0.3, 0.4) is 0 Å². The Morgan fingerprint density at radius 1 is 0.848 bits per heavy atom. The highest BCUT2D eigenvalue weighted by Gasteiger charge is 2.17. The normalized spacial score (nSPS) is 11.1. The highest BCUT2D eigenvalue weighted by molar-refractivity contribution is 8.00. The Morgan fingerprint density at radius 3 is 2.35 bits per heavy atom. The standard InChI is InChI=1S/C36H30ClN3O5S/c1-23-29(37)12-8-13-30(23)39-34(41)22-46-27-18-15-25(16-19-27)38-36(43)31(40-35(42)24-9-4-3-5-10-24)21-26-17-20-33(45-26)28-11-6-7-14-32(28)44-2/h3-21H,22H2,1-2H3,(H,38,43)(H,39,41)(H,40,42)/b31-21-. The molecule has 0 saturated heterocycles. The van der Waals surface area contributed by atoms with E-state index in [1.54, 1.807) is 92.0 Å². The Balaban J connectivity index is 1.28. The molecule has 1 aromatic heterocycles. The lowest BCUT2D eigenvalue weighted by Crippen LogP contribution is -2.30. The van der Waals surface area contributed by atoms with E-state index in [0.29, 0.717) is 39.2 Å². The quantitative estimate of drug-likeness (QED) is 0.0985. The first-order valence-corrected chi connectivity index (χ1v) is 15.6. The summed E-state index contributed by atoms with van der Waals surface area (Å²) in [5.74, 6) is 0.577. The monoisotopic (exact) mass is 651 g/mol. The summed E-state index contributed by atoms with van der Waals surface area (Å²) in [6, 6.07) is 31.9. The Morgan fingerprint density at radius 2 is 1.59 bits per heavy atom. The van der Waals surface area contributed by atoms with Crippen LogP contribution in [0.25, 0.3) is 17.4 Å². The van der Waals surface area contributed by atoms with E-state index in [-0.39, 0.29) is 17.4 Å². The third-order valence-electron chi connectivity index (χ3n) is 6.84. The first-order chi connectivity index (χ1) is 22.3. The number of para-hydroxylation sites is 1. The van der Waals surface area contributed by atoms with Crippen LogP contribution in [0.15, 0.2) is 124 Å².